The summed E-state index contributed by atoms with van der Waals surface area (Å²) in [5, 5.41) is 2.67. The molecule has 0 radical (unpaired) electrons. The van der Waals surface area contributed by atoms with Crippen molar-refractivity contribution in [3.63, 3.8) is 0 Å². The molecule has 0 aromatic heterocycles. The Labute approximate surface area is 109 Å². The molecule has 102 valence electrons. The molecule has 1 atom stereocenters. The predicted octanol–water partition coefficient (Wildman–Crippen LogP) is 1.23. The first kappa shape index (κ1) is 13.3. The summed E-state index contributed by atoms with van der Waals surface area (Å²) in [5.74, 6) is -1.56. The third-order valence-corrected chi connectivity index (χ3v) is 2.97. The van der Waals surface area contributed by atoms with Gasteiger partial charge in [0.25, 0.3) is 5.91 Å². The molecule has 1 aliphatic rings. The highest BCUT2D eigenvalue weighted by atomic mass is 19.1. The van der Waals surface area contributed by atoms with E-state index in [2.05, 4.69) is 5.32 Å². The molecule has 1 saturated heterocycles. The van der Waals surface area contributed by atoms with Gasteiger partial charge in [-0.2, -0.15) is 0 Å². The van der Waals surface area contributed by atoms with Crippen LogP contribution in [-0.2, 0) is 9.53 Å². The molecule has 6 heteroatoms. The van der Waals surface area contributed by atoms with Gasteiger partial charge in [-0.05, 0) is 37.5 Å². The lowest BCUT2D eigenvalue weighted by Crippen LogP contribution is -2.36. The molecule has 1 aliphatic heterocycles. The predicted molar refractivity (Wildman–Crippen MR) is 66.9 cm³/mol. The summed E-state index contributed by atoms with van der Waals surface area (Å²) in [6.45, 7) is 0.594. The van der Waals surface area contributed by atoms with E-state index in [1.807, 2.05) is 0 Å². The molecule has 0 bridgehead atoms. The summed E-state index contributed by atoms with van der Waals surface area (Å²) in [7, 11) is 0. The lowest BCUT2D eigenvalue weighted by atomic mass is 10.1. The largest absolute Gasteiger partial charge is 0.449 e. The zero-order valence-corrected chi connectivity index (χ0v) is 10.3. The minimum absolute atomic E-state index is 0.125. The Kier molecular flexibility index (Phi) is 3.99. The third kappa shape index (κ3) is 3.21. The van der Waals surface area contributed by atoms with E-state index in [1.165, 1.54) is 12.1 Å². The van der Waals surface area contributed by atoms with Crippen LogP contribution in [-0.4, -0.2) is 24.5 Å². The smallest absolute Gasteiger partial charge is 0.338 e. The van der Waals surface area contributed by atoms with Gasteiger partial charge in [0.05, 0.1) is 11.3 Å². The zero-order chi connectivity index (χ0) is 13.8. The van der Waals surface area contributed by atoms with Crippen molar-refractivity contribution in [1.82, 2.24) is 5.32 Å². The number of carbonyl (C=O) groups excluding carboxylic acids is 2. The van der Waals surface area contributed by atoms with E-state index in [9.17, 15) is 14.0 Å². The topological polar surface area (TPSA) is 81.4 Å². The Balaban J connectivity index is 2.07. The normalized spacial score (nSPS) is 19.4. The monoisotopic (exact) mass is 266 g/mol. The number of nitrogen functional groups attached to an aromatic ring is 1. The Morgan fingerprint density at radius 3 is 2.95 bits per heavy atom. The van der Waals surface area contributed by atoms with E-state index in [0.717, 1.165) is 18.9 Å². The van der Waals surface area contributed by atoms with Gasteiger partial charge in [-0.3, -0.25) is 4.79 Å². The average molecular weight is 266 g/mol. The second kappa shape index (κ2) is 5.69. The number of rotatable bonds is 2. The van der Waals surface area contributed by atoms with Crippen LogP contribution in [0.1, 0.15) is 29.6 Å². The van der Waals surface area contributed by atoms with Gasteiger partial charge in [-0.15, -0.1) is 0 Å². The number of esters is 1. The Hall–Kier alpha value is -2.11. The molecule has 1 aromatic rings. The molecule has 19 heavy (non-hydrogen) atoms. The van der Waals surface area contributed by atoms with Crippen molar-refractivity contribution in [2.75, 3.05) is 12.3 Å². The molecule has 5 nitrogen and oxygen atoms in total. The molecule has 1 unspecified atom stereocenters. The SMILES string of the molecule is Nc1cc(C(=O)OC2CCCCNC2=O)ccc1F. The van der Waals surface area contributed by atoms with E-state index in [4.69, 9.17) is 10.5 Å². The van der Waals surface area contributed by atoms with Gasteiger partial charge < -0.3 is 15.8 Å². The molecule has 0 aliphatic carbocycles. The number of anilines is 1. The number of hydrogen-bond donors (Lipinski definition) is 2. The second-order valence-electron chi connectivity index (χ2n) is 4.42. The number of amides is 1. The number of halogens is 1. The fourth-order valence-electron chi connectivity index (χ4n) is 1.89. The van der Waals surface area contributed by atoms with Crippen molar-refractivity contribution in [1.29, 1.82) is 0 Å². The van der Waals surface area contributed by atoms with E-state index in [0.29, 0.717) is 13.0 Å². The molecular formula is C13H15FN2O3. The van der Waals surface area contributed by atoms with Crippen molar-refractivity contribution in [3.8, 4) is 0 Å². The maximum absolute atomic E-state index is 13.0. The molecule has 1 amide bonds. The van der Waals surface area contributed by atoms with Crippen LogP contribution in [0.15, 0.2) is 18.2 Å². The molecule has 1 fully saturated rings. The van der Waals surface area contributed by atoms with E-state index in [-0.39, 0.29) is 17.2 Å². The summed E-state index contributed by atoms with van der Waals surface area (Å²) < 4.78 is 18.1. The first-order chi connectivity index (χ1) is 9.08. The molecule has 1 aromatic carbocycles. The minimum atomic E-state index is -0.790. The summed E-state index contributed by atoms with van der Waals surface area (Å²) in [6.07, 6.45) is 1.38. The van der Waals surface area contributed by atoms with Gasteiger partial charge in [0.1, 0.15) is 5.82 Å². The molecular weight excluding hydrogens is 251 g/mol. The Bertz CT molecular complexity index is 505. The Morgan fingerprint density at radius 2 is 2.21 bits per heavy atom. The highest BCUT2D eigenvalue weighted by Gasteiger charge is 2.25. The highest BCUT2D eigenvalue weighted by molar-refractivity contribution is 5.93. The first-order valence-corrected chi connectivity index (χ1v) is 6.11. The summed E-state index contributed by atoms with van der Waals surface area (Å²) in [6, 6.07) is 3.58. The van der Waals surface area contributed by atoms with Crippen molar-refractivity contribution < 1.29 is 18.7 Å². The first-order valence-electron chi connectivity index (χ1n) is 6.11. The number of nitrogens with one attached hydrogen (secondary N) is 1. The molecule has 0 spiro atoms. The Morgan fingerprint density at radius 1 is 1.42 bits per heavy atom. The van der Waals surface area contributed by atoms with Crippen LogP contribution in [0.2, 0.25) is 0 Å². The van der Waals surface area contributed by atoms with Crippen LogP contribution >= 0.6 is 0 Å². The van der Waals surface area contributed by atoms with Crippen LogP contribution < -0.4 is 11.1 Å². The number of ether oxygens (including phenoxy) is 1. The van der Waals surface area contributed by atoms with Crippen molar-refractivity contribution >= 4 is 17.6 Å². The fraction of sp³-hybridized carbons (Fsp3) is 0.385. The van der Waals surface area contributed by atoms with E-state index < -0.39 is 17.9 Å². The van der Waals surface area contributed by atoms with Crippen LogP contribution in [0.3, 0.4) is 0 Å². The molecule has 1 heterocycles. The van der Waals surface area contributed by atoms with Crippen molar-refractivity contribution in [2.24, 2.45) is 0 Å². The lowest BCUT2D eigenvalue weighted by molar-refractivity contribution is -0.129. The van der Waals surface area contributed by atoms with E-state index >= 15 is 0 Å². The van der Waals surface area contributed by atoms with Crippen LogP contribution in [0.4, 0.5) is 10.1 Å². The van der Waals surface area contributed by atoms with Gasteiger partial charge in [-0.1, -0.05) is 0 Å². The van der Waals surface area contributed by atoms with Crippen LogP contribution in [0.25, 0.3) is 0 Å². The van der Waals surface area contributed by atoms with Crippen molar-refractivity contribution in [3.05, 3.63) is 29.6 Å². The quantitative estimate of drug-likeness (QED) is 0.623. The molecule has 3 N–H and O–H groups in total. The van der Waals surface area contributed by atoms with Gasteiger partial charge in [0, 0.05) is 6.54 Å². The zero-order valence-electron chi connectivity index (χ0n) is 10.3. The van der Waals surface area contributed by atoms with Crippen LogP contribution in [0, 0.1) is 5.82 Å². The van der Waals surface area contributed by atoms with Gasteiger partial charge in [0.15, 0.2) is 6.10 Å². The van der Waals surface area contributed by atoms with Crippen LogP contribution in [0.5, 0.6) is 0 Å². The minimum Gasteiger partial charge on any atom is -0.449 e. The third-order valence-electron chi connectivity index (χ3n) is 2.97. The van der Waals surface area contributed by atoms with Crippen molar-refractivity contribution in [2.45, 2.75) is 25.4 Å². The number of nitrogens with two attached hydrogens (primary N) is 1. The summed E-state index contributed by atoms with van der Waals surface area (Å²) in [5.41, 5.74) is 5.39. The number of benzene rings is 1. The summed E-state index contributed by atoms with van der Waals surface area (Å²) in [4.78, 5) is 23.5. The maximum atomic E-state index is 13.0. The standard InChI is InChI=1S/C13H15FN2O3/c14-9-5-4-8(7-10(9)15)13(18)19-11-3-1-2-6-16-12(11)17/h4-5,7,11H,1-3,6,15H2,(H,16,17). The van der Waals surface area contributed by atoms with Gasteiger partial charge in [0.2, 0.25) is 0 Å². The molecule has 2 rings (SSSR count). The van der Waals surface area contributed by atoms with Gasteiger partial charge in [-0.25, -0.2) is 9.18 Å². The average Bonchev–Trinajstić information content (AvgIpc) is 2.58. The fourth-order valence-corrected chi connectivity index (χ4v) is 1.89. The van der Waals surface area contributed by atoms with E-state index in [1.54, 1.807) is 0 Å². The second-order valence-corrected chi connectivity index (χ2v) is 4.42. The highest BCUT2D eigenvalue weighted by Crippen LogP contribution is 2.16. The number of hydrogen-bond acceptors (Lipinski definition) is 4. The van der Waals surface area contributed by atoms with Gasteiger partial charge >= 0.3 is 5.97 Å². The lowest BCUT2D eigenvalue weighted by Gasteiger charge is -2.14. The summed E-state index contributed by atoms with van der Waals surface area (Å²) >= 11 is 0. The molecule has 0 saturated carbocycles. The number of carbonyl (C=O) groups is 2. The maximum Gasteiger partial charge on any atom is 0.338 e.